The van der Waals surface area contributed by atoms with Gasteiger partial charge in [0.2, 0.25) is 5.91 Å². The quantitative estimate of drug-likeness (QED) is 0.603. The SMILES string of the molecule is CC(C)(CNC(=O)OCC1c2ccccc2-c2ccccc21)CC(=O)N1CCCC1CC(=O)O. The molecule has 1 fully saturated rings. The van der Waals surface area contributed by atoms with Crippen LogP contribution < -0.4 is 5.32 Å². The van der Waals surface area contributed by atoms with E-state index in [1.165, 1.54) is 11.1 Å². The normalized spacial score (nSPS) is 17.2. The molecule has 1 unspecified atom stereocenters. The number of rotatable bonds is 8. The number of carbonyl (C=O) groups is 3. The standard InChI is InChI=1S/C27H32N2O5/c1-27(2,15-24(30)29-13-7-8-18(29)14-25(31)32)17-28-26(33)34-16-23-21-11-5-3-9-19(21)20-10-4-6-12-22(20)23/h3-6,9-12,18,23H,7-8,13-17H2,1-2H3,(H,28,33)(H,31,32). The molecule has 2 aromatic carbocycles. The fraction of sp³-hybridized carbons (Fsp3) is 0.444. The highest BCUT2D eigenvalue weighted by molar-refractivity contribution is 5.80. The van der Waals surface area contributed by atoms with Crippen LogP contribution in [0.5, 0.6) is 0 Å². The van der Waals surface area contributed by atoms with Gasteiger partial charge >= 0.3 is 12.1 Å². The molecule has 7 nitrogen and oxygen atoms in total. The number of likely N-dealkylation sites (tertiary alicyclic amines) is 1. The third-order valence-electron chi connectivity index (χ3n) is 6.79. The number of aliphatic carboxylic acids is 1. The molecular weight excluding hydrogens is 432 g/mol. The molecule has 1 atom stereocenters. The summed E-state index contributed by atoms with van der Waals surface area (Å²) in [4.78, 5) is 38.1. The first-order valence-electron chi connectivity index (χ1n) is 11.9. The summed E-state index contributed by atoms with van der Waals surface area (Å²) in [7, 11) is 0. The van der Waals surface area contributed by atoms with Crippen molar-refractivity contribution in [1.82, 2.24) is 10.2 Å². The van der Waals surface area contributed by atoms with Gasteiger partial charge in [-0.25, -0.2) is 4.79 Å². The number of amides is 2. The molecule has 34 heavy (non-hydrogen) atoms. The third-order valence-corrected chi connectivity index (χ3v) is 6.79. The highest BCUT2D eigenvalue weighted by Gasteiger charge is 2.34. The summed E-state index contributed by atoms with van der Waals surface area (Å²) in [5.74, 6) is -0.960. The minimum Gasteiger partial charge on any atom is -0.481 e. The number of carboxylic acid groups (broad SMARTS) is 1. The molecule has 1 heterocycles. The van der Waals surface area contributed by atoms with Crippen LogP contribution in [-0.4, -0.2) is 53.7 Å². The number of hydrogen-bond donors (Lipinski definition) is 2. The van der Waals surface area contributed by atoms with Gasteiger partial charge in [0.1, 0.15) is 6.61 Å². The van der Waals surface area contributed by atoms with Crippen molar-refractivity contribution in [3.8, 4) is 11.1 Å². The second-order valence-electron chi connectivity index (χ2n) is 10.0. The lowest BCUT2D eigenvalue weighted by atomic mass is 9.88. The van der Waals surface area contributed by atoms with Gasteiger partial charge in [0, 0.05) is 31.5 Å². The summed E-state index contributed by atoms with van der Waals surface area (Å²) in [6, 6.07) is 16.1. The minimum absolute atomic E-state index is 0.00549. The number of fused-ring (bicyclic) bond motifs is 3. The minimum atomic E-state index is -0.888. The molecule has 2 amide bonds. The van der Waals surface area contributed by atoms with Gasteiger partial charge in [-0.3, -0.25) is 9.59 Å². The van der Waals surface area contributed by atoms with E-state index in [1.54, 1.807) is 4.90 Å². The second kappa shape index (κ2) is 9.87. The second-order valence-corrected chi connectivity index (χ2v) is 10.0. The van der Waals surface area contributed by atoms with Gasteiger partial charge in [-0.05, 0) is 40.5 Å². The first kappa shape index (κ1) is 23.8. The number of hydrogen-bond acceptors (Lipinski definition) is 4. The Kier molecular flexibility index (Phi) is 6.91. The summed E-state index contributed by atoms with van der Waals surface area (Å²) in [6.07, 6.45) is 1.24. The Bertz CT molecular complexity index is 1030. The molecular formula is C27H32N2O5. The summed E-state index contributed by atoms with van der Waals surface area (Å²) in [5.41, 5.74) is 4.18. The molecule has 0 bridgehead atoms. The molecule has 1 saturated heterocycles. The predicted molar refractivity (Wildman–Crippen MR) is 128 cm³/mol. The van der Waals surface area contributed by atoms with Gasteiger partial charge in [0.05, 0.1) is 6.42 Å². The molecule has 2 N–H and O–H groups in total. The monoisotopic (exact) mass is 464 g/mol. The van der Waals surface area contributed by atoms with Gasteiger partial charge < -0.3 is 20.1 Å². The van der Waals surface area contributed by atoms with Crippen molar-refractivity contribution in [2.75, 3.05) is 19.7 Å². The first-order chi connectivity index (χ1) is 16.2. The lowest BCUT2D eigenvalue weighted by Crippen LogP contribution is -2.42. The van der Waals surface area contributed by atoms with Crippen molar-refractivity contribution >= 4 is 18.0 Å². The molecule has 7 heteroatoms. The third kappa shape index (κ3) is 5.24. The number of alkyl carbamates (subject to hydrolysis) is 1. The molecule has 2 aliphatic rings. The molecule has 0 spiro atoms. The number of carbonyl (C=O) groups excluding carboxylic acids is 2. The van der Waals surface area contributed by atoms with Crippen LogP contribution >= 0.6 is 0 Å². The van der Waals surface area contributed by atoms with E-state index < -0.39 is 17.5 Å². The van der Waals surface area contributed by atoms with Gasteiger partial charge in [0.15, 0.2) is 0 Å². The van der Waals surface area contributed by atoms with Crippen LogP contribution in [0.25, 0.3) is 11.1 Å². The number of nitrogens with zero attached hydrogens (tertiary/aromatic N) is 1. The van der Waals surface area contributed by atoms with E-state index in [4.69, 9.17) is 9.84 Å². The Morgan fingerprint density at radius 2 is 1.68 bits per heavy atom. The van der Waals surface area contributed by atoms with Crippen molar-refractivity contribution in [1.29, 1.82) is 0 Å². The predicted octanol–water partition coefficient (Wildman–Crippen LogP) is 4.41. The van der Waals surface area contributed by atoms with Crippen molar-refractivity contribution in [2.24, 2.45) is 5.41 Å². The maximum atomic E-state index is 12.8. The largest absolute Gasteiger partial charge is 0.481 e. The maximum Gasteiger partial charge on any atom is 0.407 e. The molecule has 0 aromatic heterocycles. The Morgan fingerprint density at radius 3 is 2.29 bits per heavy atom. The first-order valence-corrected chi connectivity index (χ1v) is 11.9. The lowest BCUT2D eigenvalue weighted by Gasteiger charge is -2.30. The Balaban J connectivity index is 1.29. The van der Waals surface area contributed by atoms with E-state index in [0.717, 1.165) is 24.0 Å². The zero-order valence-electron chi connectivity index (χ0n) is 19.8. The van der Waals surface area contributed by atoms with Gasteiger partial charge in [-0.2, -0.15) is 0 Å². The van der Waals surface area contributed by atoms with E-state index >= 15 is 0 Å². The van der Waals surface area contributed by atoms with Crippen molar-refractivity contribution in [3.63, 3.8) is 0 Å². The smallest absolute Gasteiger partial charge is 0.407 e. The molecule has 1 aliphatic heterocycles. The number of carboxylic acids is 1. The van der Waals surface area contributed by atoms with E-state index in [1.807, 2.05) is 38.1 Å². The Labute approximate surface area is 200 Å². The van der Waals surface area contributed by atoms with E-state index in [0.29, 0.717) is 6.54 Å². The van der Waals surface area contributed by atoms with Crippen LogP contribution in [0.2, 0.25) is 0 Å². The van der Waals surface area contributed by atoms with Crippen LogP contribution in [0, 0.1) is 5.41 Å². The summed E-state index contributed by atoms with van der Waals surface area (Å²) in [5, 5.41) is 11.9. The summed E-state index contributed by atoms with van der Waals surface area (Å²) < 4.78 is 5.59. The summed E-state index contributed by atoms with van der Waals surface area (Å²) in [6.45, 7) is 4.94. The summed E-state index contributed by atoms with van der Waals surface area (Å²) >= 11 is 0. The van der Waals surface area contributed by atoms with Crippen LogP contribution in [0.3, 0.4) is 0 Å². The number of ether oxygens (including phenoxy) is 1. The molecule has 2 aromatic rings. The van der Waals surface area contributed by atoms with Gasteiger partial charge in [-0.15, -0.1) is 0 Å². The molecule has 1 aliphatic carbocycles. The molecule has 0 radical (unpaired) electrons. The van der Waals surface area contributed by atoms with Crippen LogP contribution in [0.4, 0.5) is 4.79 Å². The van der Waals surface area contributed by atoms with Crippen LogP contribution in [0.1, 0.15) is 56.6 Å². The molecule has 4 rings (SSSR count). The fourth-order valence-electron chi connectivity index (χ4n) is 5.11. The topological polar surface area (TPSA) is 95.9 Å². The maximum absolute atomic E-state index is 12.8. The van der Waals surface area contributed by atoms with E-state index in [2.05, 4.69) is 29.6 Å². The fourth-order valence-corrected chi connectivity index (χ4v) is 5.11. The van der Waals surface area contributed by atoms with E-state index in [-0.39, 0.29) is 43.9 Å². The average Bonchev–Trinajstić information content (AvgIpc) is 3.38. The van der Waals surface area contributed by atoms with Crippen LogP contribution in [0.15, 0.2) is 48.5 Å². The average molecular weight is 465 g/mol. The van der Waals surface area contributed by atoms with Gasteiger partial charge in [-0.1, -0.05) is 62.4 Å². The molecule has 180 valence electrons. The lowest BCUT2D eigenvalue weighted by molar-refractivity contribution is -0.140. The molecule has 0 saturated carbocycles. The Hall–Kier alpha value is -3.35. The number of nitrogens with one attached hydrogen (secondary N) is 1. The van der Waals surface area contributed by atoms with Crippen molar-refractivity contribution < 1.29 is 24.2 Å². The van der Waals surface area contributed by atoms with Gasteiger partial charge in [0.25, 0.3) is 0 Å². The Morgan fingerprint density at radius 1 is 1.06 bits per heavy atom. The highest BCUT2D eigenvalue weighted by atomic mass is 16.5. The van der Waals surface area contributed by atoms with E-state index in [9.17, 15) is 14.4 Å². The zero-order valence-corrected chi connectivity index (χ0v) is 19.8. The highest BCUT2D eigenvalue weighted by Crippen LogP contribution is 2.44. The number of benzene rings is 2. The van der Waals surface area contributed by atoms with Crippen molar-refractivity contribution in [2.45, 2.75) is 51.5 Å². The zero-order chi connectivity index (χ0) is 24.3. The van der Waals surface area contributed by atoms with Crippen LogP contribution in [-0.2, 0) is 14.3 Å². The van der Waals surface area contributed by atoms with Crippen molar-refractivity contribution in [3.05, 3.63) is 59.7 Å².